The van der Waals surface area contributed by atoms with E-state index in [4.69, 9.17) is 0 Å². The van der Waals surface area contributed by atoms with Gasteiger partial charge in [-0.25, -0.2) is 4.98 Å². The molecule has 4 aromatic rings. The zero-order chi connectivity index (χ0) is 17.2. The molecular weight excluding hydrogens is 310 g/mol. The number of carbonyl (C=O) groups excluding carboxylic acids is 1. The summed E-state index contributed by atoms with van der Waals surface area (Å²) in [7, 11) is 0. The molecule has 0 atom stereocenters. The fourth-order valence-corrected chi connectivity index (χ4v) is 2.84. The molecule has 0 aliphatic rings. The van der Waals surface area contributed by atoms with Crippen molar-refractivity contribution in [1.29, 1.82) is 0 Å². The third kappa shape index (κ3) is 2.90. The lowest BCUT2D eigenvalue weighted by molar-refractivity contribution is 0.102. The highest BCUT2D eigenvalue weighted by Gasteiger charge is 2.10. The number of nitrogens with one attached hydrogen (secondary N) is 1. The number of rotatable bonds is 3. The quantitative estimate of drug-likeness (QED) is 0.598. The van der Waals surface area contributed by atoms with Gasteiger partial charge in [0.05, 0.1) is 11.0 Å². The standard InChI is InChI=1S/C21H17N3O/c1-15-11-12-17(24-14-22-18-9-5-6-10-20(18)24)13-19(15)23-21(25)16-7-3-2-4-8-16/h2-14H,1H3,(H,23,25). The number of carbonyl (C=O) groups is 1. The van der Waals surface area contributed by atoms with Crippen molar-refractivity contribution in [3.63, 3.8) is 0 Å². The second-order valence-corrected chi connectivity index (χ2v) is 5.92. The van der Waals surface area contributed by atoms with Crippen molar-refractivity contribution in [2.75, 3.05) is 5.32 Å². The van der Waals surface area contributed by atoms with E-state index in [1.165, 1.54) is 0 Å². The van der Waals surface area contributed by atoms with E-state index in [9.17, 15) is 4.79 Å². The van der Waals surface area contributed by atoms with E-state index in [2.05, 4.69) is 10.3 Å². The molecule has 4 heteroatoms. The van der Waals surface area contributed by atoms with E-state index in [1.807, 2.05) is 72.2 Å². The molecule has 1 heterocycles. The Morgan fingerprint density at radius 2 is 1.72 bits per heavy atom. The molecule has 0 radical (unpaired) electrons. The molecule has 0 aliphatic heterocycles. The van der Waals surface area contributed by atoms with Gasteiger partial charge in [0.1, 0.15) is 6.33 Å². The first-order valence-electron chi connectivity index (χ1n) is 8.12. The average molecular weight is 327 g/mol. The van der Waals surface area contributed by atoms with Crippen molar-refractivity contribution >= 4 is 22.6 Å². The van der Waals surface area contributed by atoms with Gasteiger partial charge in [-0.15, -0.1) is 0 Å². The van der Waals surface area contributed by atoms with Crippen molar-refractivity contribution in [1.82, 2.24) is 9.55 Å². The molecule has 122 valence electrons. The molecule has 4 rings (SSSR count). The summed E-state index contributed by atoms with van der Waals surface area (Å²) in [5.74, 6) is -0.115. The molecule has 0 fully saturated rings. The van der Waals surface area contributed by atoms with Gasteiger partial charge in [0.25, 0.3) is 5.91 Å². The van der Waals surface area contributed by atoms with E-state index in [0.29, 0.717) is 5.56 Å². The lowest BCUT2D eigenvalue weighted by atomic mass is 10.1. The highest BCUT2D eigenvalue weighted by Crippen LogP contribution is 2.23. The molecule has 3 aromatic carbocycles. The summed E-state index contributed by atoms with van der Waals surface area (Å²) in [5, 5.41) is 3.00. The summed E-state index contributed by atoms with van der Waals surface area (Å²) < 4.78 is 2.02. The maximum atomic E-state index is 12.4. The molecule has 0 spiro atoms. The Kier molecular flexibility index (Phi) is 3.78. The van der Waals surface area contributed by atoms with E-state index in [-0.39, 0.29) is 5.91 Å². The third-order valence-electron chi connectivity index (χ3n) is 4.24. The van der Waals surface area contributed by atoms with Crippen LogP contribution in [0.5, 0.6) is 0 Å². The normalized spacial score (nSPS) is 10.8. The molecule has 25 heavy (non-hydrogen) atoms. The minimum atomic E-state index is -0.115. The van der Waals surface area contributed by atoms with Gasteiger partial charge in [-0.05, 0) is 48.9 Å². The Hall–Kier alpha value is -3.40. The largest absolute Gasteiger partial charge is 0.322 e. The number of aryl methyl sites for hydroxylation is 1. The predicted octanol–water partition coefficient (Wildman–Crippen LogP) is 4.59. The molecular formula is C21H17N3O. The smallest absolute Gasteiger partial charge is 0.255 e. The first-order valence-corrected chi connectivity index (χ1v) is 8.12. The van der Waals surface area contributed by atoms with Gasteiger partial charge in [-0.2, -0.15) is 0 Å². The minimum Gasteiger partial charge on any atom is -0.322 e. The number of anilines is 1. The first-order chi connectivity index (χ1) is 12.2. The summed E-state index contributed by atoms with van der Waals surface area (Å²) in [6.45, 7) is 1.98. The second kappa shape index (κ2) is 6.24. The molecule has 0 saturated heterocycles. The van der Waals surface area contributed by atoms with Crippen molar-refractivity contribution < 1.29 is 4.79 Å². The minimum absolute atomic E-state index is 0.115. The van der Waals surface area contributed by atoms with Gasteiger partial charge in [0.15, 0.2) is 0 Å². The summed E-state index contributed by atoms with van der Waals surface area (Å²) in [6, 6.07) is 23.2. The van der Waals surface area contributed by atoms with Crippen LogP contribution in [0.2, 0.25) is 0 Å². The number of nitrogens with zero attached hydrogens (tertiary/aromatic N) is 2. The second-order valence-electron chi connectivity index (χ2n) is 5.92. The zero-order valence-corrected chi connectivity index (χ0v) is 13.8. The Balaban J connectivity index is 1.71. The lowest BCUT2D eigenvalue weighted by Gasteiger charge is -2.12. The molecule has 0 unspecified atom stereocenters. The van der Waals surface area contributed by atoms with Crippen LogP contribution in [0.1, 0.15) is 15.9 Å². The van der Waals surface area contributed by atoms with Crippen LogP contribution in [0, 0.1) is 6.92 Å². The van der Waals surface area contributed by atoms with E-state index in [1.54, 1.807) is 18.5 Å². The number of hydrogen-bond donors (Lipinski definition) is 1. The predicted molar refractivity (Wildman–Crippen MR) is 100 cm³/mol. The topological polar surface area (TPSA) is 46.9 Å². The van der Waals surface area contributed by atoms with E-state index >= 15 is 0 Å². The fourth-order valence-electron chi connectivity index (χ4n) is 2.84. The first kappa shape index (κ1) is 15.1. The van der Waals surface area contributed by atoms with Gasteiger partial charge in [0, 0.05) is 16.9 Å². The van der Waals surface area contributed by atoms with Gasteiger partial charge in [-0.1, -0.05) is 36.4 Å². The zero-order valence-electron chi connectivity index (χ0n) is 13.8. The summed E-state index contributed by atoms with van der Waals surface area (Å²) >= 11 is 0. The van der Waals surface area contributed by atoms with Gasteiger partial charge < -0.3 is 5.32 Å². The van der Waals surface area contributed by atoms with Crippen LogP contribution < -0.4 is 5.32 Å². The fraction of sp³-hybridized carbons (Fsp3) is 0.0476. The number of benzene rings is 3. The number of fused-ring (bicyclic) bond motifs is 1. The average Bonchev–Trinajstić information content (AvgIpc) is 3.08. The maximum absolute atomic E-state index is 12.4. The number of amides is 1. The van der Waals surface area contributed by atoms with Crippen LogP contribution in [-0.4, -0.2) is 15.5 Å². The van der Waals surface area contributed by atoms with Crippen LogP contribution in [-0.2, 0) is 0 Å². The van der Waals surface area contributed by atoms with E-state index < -0.39 is 0 Å². The van der Waals surface area contributed by atoms with Crippen molar-refractivity contribution in [2.45, 2.75) is 6.92 Å². The third-order valence-corrected chi connectivity index (χ3v) is 4.24. The number of para-hydroxylation sites is 2. The van der Waals surface area contributed by atoms with Crippen molar-refractivity contribution in [3.05, 3.63) is 90.3 Å². The van der Waals surface area contributed by atoms with Gasteiger partial charge >= 0.3 is 0 Å². The summed E-state index contributed by atoms with van der Waals surface area (Å²) in [4.78, 5) is 16.9. The molecule has 1 amide bonds. The highest BCUT2D eigenvalue weighted by molar-refractivity contribution is 6.04. The number of aromatic nitrogens is 2. The number of hydrogen-bond acceptors (Lipinski definition) is 2. The van der Waals surface area contributed by atoms with Crippen molar-refractivity contribution in [2.24, 2.45) is 0 Å². The van der Waals surface area contributed by atoms with Crippen LogP contribution in [0.4, 0.5) is 5.69 Å². The van der Waals surface area contributed by atoms with Crippen LogP contribution in [0.15, 0.2) is 79.1 Å². The highest BCUT2D eigenvalue weighted by atomic mass is 16.1. The molecule has 0 saturated carbocycles. The van der Waals surface area contributed by atoms with Gasteiger partial charge in [0.2, 0.25) is 0 Å². The Bertz CT molecular complexity index is 1050. The summed E-state index contributed by atoms with van der Waals surface area (Å²) in [6.07, 6.45) is 1.80. The summed E-state index contributed by atoms with van der Waals surface area (Å²) in [5.41, 5.74) is 5.38. The SMILES string of the molecule is Cc1ccc(-n2cnc3ccccc32)cc1NC(=O)c1ccccc1. The number of imidazole rings is 1. The molecule has 1 aromatic heterocycles. The van der Waals surface area contributed by atoms with Gasteiger partial charge in [-0.3, -0.25) is 9.36 Å². The van der Waals surface area contributed by atoms with Crippen LogP contribution in [0.25, 0.3) is 16.7 Å². The Labute approximate surface area is 145 Å². The lowest BCUT2D eigenvalue weighted by Crippen LogP contribution is -2.13. The van der Waals surface area contributed by atoms with Crippen LogP contribution in [0.3, 0.4) is 0 Å². The maximum Gasteiger partial charge on any atom is 0.255 e. The Morgan fingerprint density at radius 3 is 2.56 bits per heavy atom. The molecule has 4 nitrogen and oxygen atoms in total. The monoisotopic (exact) mass is 327 g/mol. The van der Waals surface area contributed by atoms with Crippen LogP contribution >= 0.6 is 0 Å². The molecule has 0 bridgehead atoms. The Morgan fingerprint density at radius 1 is 0.960 bits per heavy atom. The van der Waals surface area contributed by atoms with E-state index in [0.717, 1.165) is 28.0 Å². The molecule has 1 N–H and O–H groups in total. The van der Waals surface area contributed by atoms with Crippen molar-refractivity contribution in [3.8, 4) is 5.69 Å². The molecule has 0 aliphatic carbocycles.